The summed E-state index contributed by atoms with van der Waals surface area (Å²) in [7, 11) is 0. The zero-order chi connectivity index (χ0) is 29.9. The van der Waals surface area contributed by atoms with Crippen molar-refractivity contribution in [2.45, 2.75) is 39.0 Å². The number of nitro benzene ring substituents is 1. The minimum atomic E-state index is -0.465. The molecule has 3 heterocycles. The fourth-order valence-electron chi connectivity index (χ4n) is 5.56. The Kier molecular flexibility index (Phi) is 7.74. The smallest absolute Gasteiger partial charge is 0.270 e. The predicted octanol–water partition coefficient (Wildman–Crippen LogP) is 6.03. The molecule has 43 heavy (non-hydrogen) atoms. The van der Waals surface area contributed by atoms with Gasteiger partial charge in [0, 0.05) is 66.8 Å². The second-order valence-corrected chi connectivity index (χ2v) is 10.8. The summed E-state index contributed by atoms with van der Waals surface area (Å²) >= 11 is 0. The van der Waals surface area contributed by atoms with Crippen LogP contribution in [0.15, 0.2) is 72.9 Å². The van der Waals surface area contributed by atoms with Gasteiger partial charge in [0.25, 0.3) is 11.6 Å². The number of piperidine rings is 1. The van der Waals surface area contributed by atoms with Gasteiger partial charge in [-0.15, -0.1) is 0 Å². The van der Waals surface area contributed by atoms with Crippen LogP contribution in [0, 0.1) is 10.1 Å². The number of nitro groups is 1. The molecule has 10 nitrogen and oxygen atoms in total. The number of hydrogen-bond donors (Lipinski definition) is 3. The Balaban J connectivity index is 1.34. The maximum Gasteiger partial charge on any atom is 0.270 e. The van der Waals surface area contributed by atoms with Crippen LogP contribution in [-0.4, -0.2) is 44.7 Å². The number of aromatic amines is 1. The van der Waals surface area contributed by atoms with Crippen LogP contribution in [0.1, 0.15) is 48.7 Å². The van der Waals surface area contributed by atoms with Gasteiger partial charge in [0.1, 0.15) is 5.82 Å². The van der Waals surface area contributed by atoms with E-state index >= 15 is 0 Å². The van der Waals surface area contributed by atoms with Crippen molar-refractivity contribution in [1.29, 1.82) is 0 Å². The van der Waals surface area contributed by atoms with Gasteiger partial charge in [0.15, 0.2) is 0 Å². The summed E-state index contributed by atoms with van der Waals surface area (Å²) in [6.07, 6.45) is 6.04. The van der Waals surface area contributed by atoms with Crippen LogP contribution >= 0.6 is 0 Å². The first kappa shape index (κ1) is 27.9. The number of amides is 2. The van der Waals surface area contributed by atoms with Crippen LogP contribution in [0.25, 0.3) is 22.5 Å². The maximum atomic E-state index is 13.3. The van der Waals surface area contributed by atoms with Crippen LogP contribution in [0.3, 0.4) is 0 Å². The highest BCUT2D eigenvalue weighted by atomic mass is 16.6. The molecule has 2 aliphatic heterocycles. The summed E-state index contributed by atoms with van der Waals surface area (Å²) in [5, 5.41) is 17.8. The Morgan fingerprint density at radius 3 is 2.53 bits per heavy atom. The van der Waals surface area contributed by atoms with E-state index in [2.05, 4.69) is 20.6 Å². The molecule has 6 rings (SSSR count). The number of H-pyrrole nitrogens is 1. The number of likely N-dealkylation sites (tertiary alicyclic amines) is 1. The molecule has 0 radical (unpaired) electrons. The predicted molar refractivity (Wildman–Crippen MR) is 166 cm³/mol. The summed E-state index contributed by atoms with van der Waals surface area (Å²) < 4.78 is 0. The summed E-state index contributed by atoms with van der Waals surface area (Å²) in [5.41, 5.74) is 6.14. The normalized spacial score (nSPS) is 15.7. The van der Waals surface area contributed by atoms with Crippen molar-refractivity contribution in [3.05, 3.63) is 106 Å². The molecule has 0 atom stereocenters. The zero-order valence-electron chi connectivity index (χ0n) is 23.9. The van der Waals surface area contributed by atoms with E-state index in [0.717, 1.165) is 66.1 Å². The lowest BCUT2D eigenvalue weighted by molar-refractivity contribution is -0.384. The van der Waals surface area contributed by atoms with Crippen molar-refractivity contribution in [3.8, 4) is 11.3 Å². The van der Waals surface area contributed by atoms with Crippen molar-refractivity contribution in [2.24, 2.45) is 0 Å². The molecule has 0 bridgehead atoms. The van der Waals surface area contributed by atoms with E-state index in [1.807, 2.05) is 66.6 Å². The Bertz CT molecular complexity index is 1720. The number of aromatic nitrogens is 2. The van der Waals surface area contributed by atoms with E-state index < -0.39 is 4.92 Å². The van der Waals surface area contributed by atoms with Gasteiger partial charge in [-0.3, -0.25) is 19.7 Å². The molecule has 0 aliphatic carbocycles. The molecule has 10 heteroatoms. The van der Waals surface area contributed by atoms with Gasteiger partial charge in [-0.1, -0.05) is 43.3 Å². The SMILES string of the molecule is CCc1nc(-c2ccc(NC(=C3C(=O)Nc4ccc([N+](=O)[O-])cc43)c3ccc(CCN4CCCCC4=O)cc3)cc2)c[nH]1. The fourth-order valence-corrected chi connectivity index (χ4v) is 5.56. The van der Waals surface area contributed by atoms with Crippen molar-refractivity contribution < 1.29 is 14.5 Å². The lowest BCUT2D eigenvalue weighted by Gasteiger charge is -2.26. The van der Waals surface area contributed by atoms with Crippen LogP contribution in [0.5, 0.6) is 0 Å². The minimum Gasteiger partial charge on any atom is -0.354 e. The number of aryl methyl sites for hydroxylation is 1. The Morgan fingerprint density at radius 1 is 1.05 bits per heavy atom. The van der Waals surface area contributed by atoms with E-state index in [-0.39, 0.29) is 17.5 Å². The number of fused-ring (bicyclic) bond motifs is 1. The monoisotopic (exact) mass is 576 g/mol. The number of rotatable bonds is 9. The van der Waals surface area contributed by atoms with Crippen molar-refractivity contribution in [3.63, 3.8) is 0 Å². The third-order valence-corrected chi connectivity index (χ3v) is 7.96. The molecule has 3 aromatic carbocycles. The van der Waals surface area contributed by atoms with Gasteiger partial charge in [0.2, 0.25) is 5.91 Å². The number of non-ortho nitro benzene ring substituents is 1. The highest BCUT2D eigenvalue weighted by molar-refractivity contribution is 6.37. The zero-order valence-corrected chi connectivity index (χ0v) is 23.9. The first-order valence-corrected chi connectivity index (χ1v) is 14.5. The second-order valence-electron chi connectivity index (χ2n) is 10.8. The van der Waals surface area contributed by atoms with Gasteiger partial charge in [-0.05, 0) is 48.6 Å². The first-order valence-electron chi connectivity index (χ1n) is 14.5. The molecule has 4 aromatic rings. The molecule has 0 saturated carbocycles. The summed E-state index contributed by atoms with van der Waals surface area (Å²) in [6, 6.07) is 20.0. The first-order chi connectivity index (χ1) is 20.9. The molecule has 1 saturated heterocycles. The van der Waals surface area contributed by atoms with Crippen LogP contribution in [0.4, 0.5) is 17.1 Å². The number of nitrogens with one attached hydrogen (secondary N) is 3. The van der Waals surface area contributed by atoms with Gasteiger partial charge < -0.3 is 20.5 Å². The van der Waals surface area contributed by atoms with Gasteiger partial charge in [-0.25, -0.2) is 4.98 Å². The molecule has 2 aliphatic rings. The molecule has 2 amide bonds. The largest absolute Gasteiger partial charge is 0.354 e. The highest BCUT2D eigenvalue weighted by Gasteiger charge is 2.30. The van der Waals surface area contributed by atoms with Gasteiger partial charge in [-0.2, -0.15) is 0 Å². The number of nitrogens with zero attached hydrogens (tertiary/aromatic N) is 3. The number of imidazole rings is 1. The number of hydrogen-bond acceptors (Lipinski definition) is 6. The lowest BCUT2D eigenvalue weighted by atomic mass is 9.98. The molecule has 1 fully saturated rings. The van der Waals surface area contributed by atoms with Gasteiger partial charge in [0.05, 0.1) is 21.9 Å². The van der Waals surface area contributed by atoms with Crippen LogP contribution < -0.4 is 10.6 Å². The highest BCUT2D eigenvalue weighted by Crippen LogP contribution is 2.39. The molecule has 3 N–H and O–H groups in total. The lowest BCUT2D eigenvalue weighted by Crippen LogP contribution is -2.36. The Morgan fingerprint density at radius 2 is 1.84 bits per heavy atom. The topological polar surface area (TPSA) is 133 Å². The van der Waals surface area contributed by atoms with Crippen molar-refractivity contribution >= 4 is 40.1 Å². The molecule has 1 aromatic heterocycles. The minimum absolute atomic E-state index is 0.0930. The third kappa shape index (κ3) is 5.90. The molecule has 0 unspecified atom stereocenters. The molecular formula is C33H32N6O4. The van der Waals surface area contributed by atoms with Crippen LogP contribution in [0.2, 0.25) is 0 Å². The summed E-state index contributed by atoms with van der Waals surface area (Å²) in [5.74, 6) is 0.782. The average Bonchev–Trinajstić information content (AvgIpc) is 3.64. The summed E-state index contributed by atoms with van der Waals surface area (Å²) in [6.45, 7) is 3.52. The number of carbonyl (C=O) groups is 2. The van der Waals surface area contributed by atoms with E-state index in [0.29, 0.717) is 35.5 Å². The average molecular weight is 577 g/mol. The number of benzene rings is 3. The molecule has 218 valence electrons. The van der Waals surface area contributed by atoms with E-state index in [1.165, 1.54) is 12.1 Å². The third-order valence-electron chi connectivity index (χ3n) is 7.96. The molecule has 0 spiro atoms. The summed E-state index contributed by atoms with van der Waals surface area (Å²) in [4.78, 5) is 46.3. The maximum absolute atomic E-state index is 13.3. The van der Waals surface area contributed by atoms with Crippen molar-refractivity contribution in [1.82, 2.24) is 14.9 Å². The van der Waals surface area contributed by atoms with E-state index in [4.69, 9.17) is 0 Å². The quantitative estimate of drug-likeness (QED) is 0.126. The Hall–Kier alpha value is -5.25. The van der Waals surface area contributed by atoms with E-state index in [1.54, 1.807) is 6.07 Å². The standard InChI is InChI=1S/C33H32N6O4/c1-2-29-34-20-28(36-29)22-10-12-24(13-11-22)35-32(31-26-19-25(39(42)43)14-15-27(26)37-33(31)41)23-8-6-21(7-9-23)16-18-38-17-4-3-5-30(38)40/h6-15,19-20,35H,2-5,16-18H2,1H3,(H,34,36)(H,37,41). The van der Waals surface area contributed by atoms with E-state index in [9.17, 15) is 19.7 Å². The Labute approximate surface area is 249 Å². The number of anilines is 2. The van der Waals surface area contributed by atoms with Crippen molar-refractivity contribution in [2.75, 3.05) is 23.7 Å². The number of carbonyl (C=O) groups excluding carboxylic acids is 2. The van der Waals surface area contributed by atoms with Gasteiger partial charge >= 0.3 is 0 Å². The van der Waals surface area contributed by atoms with Crippen LogP contribution in [-0.2, 0) is 22.4 Å². The fraction of sp³-hybridized carbons (Fsp3) is 0.242. The second kappa shape index (κ2) is 11.9. The molecular weight excluding hydrogens is 544 g/mol.